The molecule has 0 aliphatic heterocycles. The van der Waals surface area contributed by atoms with E-state index in [1.54, 1.807) is 24.3 Å². The Morgan fingerprint density at radius 2 is 2.03 bits per heavy atom. The van der Waals surface area contributed by atoms with Crippen molar-refractivity contribution in [1.82, 2.24) is 29.4 Å². The van der Waals surface area contributed by atoms with E-state index >= 15 is 0 Å². The largest absolute Gasteiger partial charge is 0.467 e. The Kier molecular flexibility index (Phi) is 5.75. The Balaban J connectivity index is 1.58. The van der Waals surface area contributed by atoms with E-state index in [0.717, 1.165) is 23.9 Å². The molecule has 11 nitrogen and oxygen atoms in total. The third kappa shape index (κ3) is 4.25. The standard InChI is InChI=1S/C24H26N6O5/c1-3-14(2)26-21(32)15-6-9-18-19(11-15)30-23(29(22(18)33)16-7-8-16)27-28(24(30)34)13-20(31)25-12-17-5-4-10-35-17/h4-6,9-11,14,16H,3,7-8,12-13H2,1-2H3,(H,25,31)(H,26,32). The first-order valence-electron chi connectivity index (χ1n) is 11.6. The molecule has 5 rings (SSSR count). The third-order valence-electron chi connectivity index (χ3n) is 6.22. The van der Waals surface area contributed by atoms with Crippen molar-refractivity contribution in [1.29, 1.82) is 0 Å². The van der Waals surface area contributed by atoms with Gasteiger partial charge in [-0.05, 0) is 56.5 Å². The molecule has 0 radical (unpaired) electrons. The molecule has 1 aliphatic carbocycles. The minimum Gasteiger partial charge on any atom is -0.467 e. The molecule has 0 spiro atoms. The van der Waals surface area contributed by atoms with Crippen LogP contribution in [0.4, 0.5) is 0 Å². The van der Waals surface area contributed by atoms with Crippen LogP contribution in [0, 0.1) is 0 Å². The highest BCUT2D eigenvalue weighted by molar-refractivity contribution is 5.98. The van der Waals surface area contributed by atoms with E-state index in [4.69, 9.17) is 4.42 Å². The molecular weight excluding hydrogens is 452 g/mol. The number of aromatic nitrogens is 4. The van der Waals surface area contributed by atoms with Gasteiger partial charge in [0.15, 0.2) is 0 Å². The van der Waals surface area contributed by atoms with Gasteiger partial charge in [0.2, 0.25) is 11.7 Å². The van der Waals surface area contributed by atoms with Crippen LogP contribution in [0.1, 0.15) is 55.3 Å². The molecule has 3 heterocycles. The molecule has 1 atom stereocenters. The summed E-state index contributed by atoms with van der Waals surface area (Å²) in [5.41, 5.74) is -0.222. The van der Waals surface area contributed by atoms with Gasteiger partial charge in [-0.25, -0.2) is 13.9 Å². The lowest BCUT2D eigenvalue weighted by Gasteiger charge is -2.13. The first-order chi connectivity index (χ1) is 16.9. The maximum atomic E-state index is 13.4. The normalized spacial score (nSPS) is 14.3. The fourth-order valence-electron chi connectivity index (χ4n) is 3.99. The van der Waals surface area contributed by atoms with Crippen LogP contribution in [-0.2, 0) is 17.9 Å². The molecule has 35 heavy (non-hydrogen) atoms. The number of carbonyl (C=O) groups excluding carboxylic acids is 2. The molecule has 1 unspecified atom stereocenters. The quantitative estimate of drug-likeness (QED) is 0.395. The first kappa shape index (κ1) is 22.6. The molecule has 3 aromatic heterocycles. The maximum absolute atomic E-state index is 13.4. The molecule has 1 fully saturated rings. The number of amides is 2. The van der Waals surface area contributed by atoms with Crippen LogP contribution >= 0.6 is 0 Å². The van der Waals surface area contributed by atoms with Crippen molar-refractivity contribution in [2.45, 2.75) is 58.3 Å². The highest BCUT2D eigenvalue weighted by Crippen LogP contribution is 2.35. The van der Waals surface area contributed by atoms with Gasteiger partial charge in [-0.1, -0.05) is 6.92 Å². The van der Waals surface area contributed by atoms with E-state index in [9.17, 15) is 19.2 Å². The SMILES string of the molecule is CCC(C)NC(=O)c1ccc2c(=O)n(C3CC3)c3nn(CC(=O)NCc4ccco4)c(=O)n3c2c1. The second-order valence-electron chi connectivity index (χ2n) is 8.85. The van der Waals surface area contributed by atoms with Crippen molar-refractivity contribution in [3.63, 3.8) is 0 Å². The second kappa shape index (κ2) is 8.90. The molecule has 1 aromatic carbocycles. The summed E-state index contributed by atoms with van der Waals surface area (Å²) in [7, 11) is 0. The van der Waals surface area contributed by atoms with E-state index in [-0.39, 0.29) is 47.9 Å². The van der Waals surface area contributed by atoms with Crippen LogP contribution in [0.5, 0.6) is 0 Å². The zero-order valence-electron chi connectivity index (χ0n) is 19.5. The smallest absolute Gasteiger partial charge is 0.352 e. The summed E-state index contributed by atoms with van der Waals surface area (Å²) in [6, 6.07) is 8.06. The van der Waals surface area contributed by atoms with Gasteiger partial charge in [0.05, 0.1) is 23.7 Å². The summed E-state index contributed by atoms with van der Waals surface area (Å²) in [5.74, 6) is 0.0226. The van der Waals surface area contributed by atoms with Gasteiger partial charge < -0.3 is 15.1 Å². The van der Waals surface area contributed by atoms with E-state index in [1.807, 2.05) is 13.8 Å². The van der Waals surface area contributed by atoms with Crippen LogP contribution in [0.15, 0.2) is 50.6 Å². The van der Waals surface area contributed by atoms with Gasteiger partial charge in [-0.2, -0.15) is 0 Å². The summed E-state index contributed by atoms with van der Waals surface area (Å²) >= 11 is 0. The summed E-state index contributed by atoms with van der Waals surface area (Å²) in [4.78, 5) is 51.9. The summed E-state index contributed by atoms with van der Waals surface area (Å²) in [6.45, 7) is 3.72. The van der Waals surface area contributed by atoms with Crippen LogP contribution in [0.2, 0.25) is 0 Å². The molecule has 2 amide bonds. The Morgan fingerprint density at radius 1 is 1.23 bits per heavy atom. The lowest BCUT2D eigenvalue weighted by Crippen LogP contribution is -2.33. The Morgan fingerprint density at radius 3 is 2.71 bits per heavy atom. The van der Waals surface area contributed by atoms with Gasteiger partial charge >= 0.3 is 5.69 Å². The predicted octanol–water partition coefficient (Wildman–Crippen LogP) is 1.58. The second-order valence-corrected chi connectivity index (χ2v) is 8.85. The number of nitrogens with one attached hydrogen (secondary N) is 2. The number of nitrogens with zero attached hydrogens (tertiary/aromatic N) is 4. The number of rotatable bonds is 8. The highest BCUT2D eigenvalue weighted by Gasteiger charge is 2.30. The third-order valence-corrected chi connectivity index (χ3v) is 6.22. The van der Waals surface area contributed by atoms with Gasteiger partial charge in [-0.15, -0.1) is 5.10 Å². The maximum Gasteiger partial charge on any atom is 0.352 e. The molecule has 182 valence electrons. The van der Waals surface area contributed by atoms with Gasteiger partial charge in [0.1, 0.15) is 12.3 Å². The Labute approximate surface area is 199 Å². The van der Waals surface area contributed by atoms with Crippen LogP contribution in [-0.4, -0.2) is 36.6 Å². The van der Waals surface area contributed by atoms with E-state index < -0.39 is 11.6 Å². The fraction of sp³-hybridized carbons (Fsp3) is 0.375. The number of hydrogen-bond donors (Lipinski definition) is 2. The first-order valence-corrected chi connectivity index (χ1v) is 11.6. The average Bonchev–Trinajstić information content (AvgIpc) is 3.44. The Bertz CT molecular complexity index is 1540. The zero-order chi connectivity index (χ0) is 24.7. The predicted molar refractivity (Wildman–Crippen MR) is 127 cm³/mol. The van der Waals surface area contributed by atoms with Crippen molar-refractivity contribution in [3.05, 3.63) is 68.8 Å². The van der Waals surface area contributed by atoms with Crippen LogP contribution in [0.3, 0.4) is 0 Å². The highest BCUT2D eigenvalue weighted by atomic mass is 16.3. The molecule has 0 saturated heterocycles. The van der Waals surface area contributed by atoms with Crippen molar-refractivity contribution in [2.75, 3.05) is 0 Å². The molecule has 2 N–H and O–H groups in total. The van der Waals surface area contributed by atoms with Crippen molar-refractivity contribution < 1.29 is 14.0 Å². The summed E-state index contributed by atoms with van der Waals surface area (Å²) < 4.78 is 9.07. The van der Waals surface area contributed by atoms with Crippen LogP contribution in [0.25, 0.3) is 16.7 Å². The monoisotopic (exact) mass is 478 g/mol. The number of carbonyl (C=O) groups is 2. The van der Waals surface area contributed by atoms with Gasteiger partial charge in [-0.3, -0.25) is 19.0 Å². The number of furan rings is 1. The van der Waals surface area contributed by atoms with Crippen LogP contribution < -0.4 is 21.9 Å². The summed E-state index contributed by atoms with van der Waals surface area (Å²) in [6.07, 6.45) is 3.89. The molecule has 4 aromatic rings. The fourth-order valence-corrected chi connectivity index (χ4v) is 3.99. The van der Waals surface area contributed by atoms with Gasteiger partial charge in [0.25, 0.3) is 11.5 Å². The minimum absolute atomic E-state index is 0.0220. The molecule has 1 aliphatic rings. The number of hydrogen-bond acceptors (Lipinski definition) is 6. The Hall–Kier alpha value is -4.15. The van der Waals surface area contributed by atoms with E-state index in [2.05, 4.69) is 15.7 Å². The van der Waals surface area contributed by atoms with Crippen molar-refractivity contribution in [3.8, 4) is 0 Å². The van der Waals surface area contributed by atoms with Gasteiger partial charge in [0, 0.05) is 17.6 Å². The van der Waals surface area contributed by atoms with Crippen molar-refractivity contribution in [2.24, 2.45) is 0 Å². The zero-order valence-corrected chi connectivity index (χ0v) is 19.5. The number of fused-ring (bicyclic) bond motifs is 3. The number of benzene rings is 1. The summed E-state index contributed by atoms with van der Waals surface area (Å²) in [5, 5.41) is 10.2. The topological polar surface area (TPSA) is 133 Å². The average molecular weight is 479 g/mol. The van der Waals surface area contributed by atoms with E-state index in [0.29, 0.717) is 16.7 Å². The lowest BCUT2D eigenvalue weighted by molar-refractivity contribution is -0.122. The molecule has 0 bridgehead atoms. The molecule has 1 saturated carbocycles. The molecule has 11 heteroatoms. The van der Waals surface area contributed by atoms with Crippen molar-refractivity contribution >= 4 is 28.5 Å². The van der Waals surface area contributed by atoms with E-state index in [1.165, 1.54) is 21.3 Å². The minimum atomic E-state index is -0.563. The lowest BCUT2D eigenvalue weighted by atomic mass is 10.1. The molecular formula is C24H26N6O5.